The number of para-hydroxylation sites is 1. The zero-order chi connectivity index (χ0) is 11.4. The van der Waals surface area contributed by atoms with Crippen LogP contribution in [0, 0.1) is 0 Å². The summed E-state index contributed by atoms with van der Waals surface area (Å²) >= 11 is 5.92. The van der Waals surface area contributed by atoms with Gasteiger partial charge in [-0.05, 0) is 29.8 Å². The quantitative estimate of drug-likeness (QED) is 0.824. The third-order valence-corrected chi connectivity index (χ3v) is 2.54. The minimum Gasteiger partial charge on any atom is -0.489 e. The van der Waals surface area contributed by atoms with Crippen LogP contribution < -0.4 is 10.5 Å². The van der Waals surface area contributed by atoms with E-state index in [9.17, 15) is 0 Å². The molecule has 0 amide bonds. The molecule has 0 aliphatic rings. The van der Waals surface area contributed by atoms with Crippen molar-refractivity contribution < 1.29 is 4.74 Å². The second-order valence-electron chi connectivity index (χ2n) is 3.46. The van der Waals surface area contributed by atoms with Crippen LogP contribution in [0.15, 0.2) is 48.5 Å². The Kier molecular flexibility index (Phi) is 3.32. The maximum Gasteiger partial charge on any atom is 0.119 e. The van der Waals surface area contributed by atoms with Crippen LogP contribution in [0.25, 0.3) is 0 Å². The lowest BCUT2D eigenvalue weighted by Crippen LogP contribution is -1.96. The van der Waals surface area contributed by atoms with Gasteiger partial charge in [0.05, 0.1) is 10.7 Å². The molecule has 0 spiro atoms. The summed E-state index contributed by atoms with van der Waals surface area (Å²) in [6.45, 7) is 0.490. The van der Waals surface area contributed by atoms with Crippen molar-refractivity contribution >= 4 is 17.3 Å². The summed E-state index contributed by atoms with van der Waals surface area (Å²) < 4.78 is 5.59. The van der Waals surface area contributed by atoms with Gasteiger partial charge in [0.25, 0.3) is 0 Å². The van der Waals surface area contributed by atoms with Crippen molar-refractivity contribution in [3.63, 3.8) is 0 Å². The summed E-state index contributed by atoms with van der Waals surface area (Å²) in [5.41, 5.74) is 7.21. The first-order chi connectivity index (χ1) is 7.75. The molecule has 0 radical (unpaired) electrons. The standard InChI is InChI=1S/C13H12ClNO/c14-12-8-10(6-7-13(12)15)9-16-11-4-2-1-3-5-11/h1-8H,9,15H2. The SMILES string of the molecule is Nc1ccc(COc2ccccc2)cc1Cl. The summed E-state index contributed by atoms with van der Waals surface area (Å²) in [4.78, 5) is 0. The van der Waals surface area contributed by atoms with Crippen LogP contribution in [0.3, 0.4) is 0 Å². The molecular weight excluding hydrogens is 222 g/mol. The van der Waals surface area contributed by atoms with Crippen LogP contribution >= 0.6 is 11.6 Å². The van der Waals surface area contributed by atoms with Gasteiger partial charge in [-0.15, -0.1) is 0 Å². The third-order valence-electron chi connectivity index (χ3n) is 2.21. The van der Waals surface area contributed by atoms with Crippen LogP contribution in [-0.4, -0.2) is 0 Å². The predicted octanol–water partition coefficient (Wildman–Crippen LogP) is 3.50. The average molecular weight is 234 g/mol. The van der Waals surface area contributed by atoms with Crippen molar-refractivity contribution in [1.82, 2.24) is 0 Å². The number of hydrogen-bond donors (Lipinski definition) is 1. The van der Waals surface area contributed by atoms with Crippen LogP contribution in [-0.2, 0) is 6.61 Å². The molecule has 2 rings (SSSR count). The molecule has 0 unspecified atom stereocenters. The molecule has 0 saturated heterocycles. The molecule has 2 aromatic carbocycles. The highest BCUT2D eigenvalue weighted by Gasteiger charge is 1.99. The molecule has 16 heavy (non-hydrogen) atoms. The Bertz CT molecular complexity index is 471. The van der Waals surface area contributed by atoms with Gasteiger partial charge in [-0.2, -0.15) is 0 Å². The van der Waals surface area contributed by atoms with E-state index in [1.807, 2.05) is 42.5 Å². The van der Waals surface area contributed by atoms with Crippen molar-refractivity contribution in [1.29, 1.82) is 0 Å². The van der Waals surface area contributed by atoms with Gasteiger partial charge >= 0.3 is 0 Å². The highest BCUT2D eigenvalue weighted by Crippen LogP contribution is 2.20. The Morgan fingerprint density at radius 2 is 1.81 bits per heavy atom. The monoisotopic (exact) mass is 233 g/mol. The average Bonchev–Trinajstić information content (AvgIpc) is 2.32. The zero-order valence-electron chi connectivity index (χ0n) is 8.69. The third kappa shape index (κ3) is 2.67. The molecule has 3 heteroatoms. The second kappa shape index (κ2) is 4.90. The fraction of sp³-hybridized carbons (Fsp3) is 0.0769. The van der Waals surface area contributed by atoms with E-state index in [1.165, 1.54) is 0 Å². The van der Waals surface area contributed by atoms with Crippen LogP contribution in [0.4, 0.5) is 5.69 Å². The summed E-state index contributed by atoms with van der Waals surface area (Å²) in [6, 6.07) is 15.2. The van der Waals surface area contributed by atoms with Crippen LogP contribution in [0.5, 0.6) is 5.75 Å². The molecule has 0 saturated carbocycles. The molecule has 2 N–H and O–H groups in total. The van der Waals surface area contributed by atoms with Gasteiger partial charge in [0.15, 0.2) is 0 Å². The maximum absolute atomic E-state index is 5.92. The highest BCUT2D eigenvalue weighted by molar-refractivity contribution is 6.33. The van der Waals surface area contributed by atoms with E-state index in [0.29, 0.717) is 17.3 Å². The van der Waals surface area contributed by atoms with E-state index in [0.717, 1.165) is 11.3 Å². The number of nitrogens with two attached hydrogens (primary N) is 1. The second-order valence-corrected chi connectivity index (χ2v) is 3.86. The fourth-order valence-corrected chi connectivity index (χ4v) is 1.55. The van der Waals surface area contributed by atoms with Crippen molar-refractivity contribution in [2.45, 2.75) is 6.61 Å². The molecule has 2 aromatic rings. The number of anilines is 1. The van der Waals surface area contributed by atoms with Crippen molar-refractivity contribution in [3.8, 4) is 5.75 Å². The van der Waals surface area contributed by atoms with Gasteiger partial charge in [0.2, 0.25) is 0 Å². The van der Waals surface area contributed by atoms with Crippen LogP contribution in [0.1, 0.15) is 5.56 Å². The lowest BCUT2D eigenvalue weighted by atomic mass is 10.2. The Hall–Kier alpha value is -1.67. The predicted molar refractivity (Wildman–Crippen MR) is 66.6 cm³/mol. The molecule has 0 heterocycles. The number of benzene rings is 2. The number of ether oxygens (including phenoxy) is 1. The van der Waals surface area contributed by atoms with Gasteiger partial charge in [-0.25, -0.2) is 0 Å². The molecule has 2 nitrogen and oxygen atoms in total. The number of hydrogen-bond acceptors (Lipinski definition) is 2. The van der Waals surface area contributed by atoms with Gasteiger partial charge in [0, 0.05) is 0 Å². The van der Waals surface area contributed by atoms with Crippen LogP contribution in [0.2, 0.25) is 5.02 Å². The molecule has 0 aliphatic heterocycles. The first-order valence-corrected chi connectivity index (χ1v) is 5.35. The zero-order valence-corrected chi connectivity index (χ0v) is 9.45. The first kappa shape index (κ1) is 10.8. The van der Waals surface area contributed by atoms with E-state index in [-0.39, 0.29) is 0 Å². The fourth-order valence-electron chi connectivity index (χ4n) is 1.34. The smallest absolute Gasteiger partial charge is 0.119 e. The molecule has 0 aliphatic carbocycles. The topological polar surface area (TPSA) is 35.2 Å². The number of nitrogen functional groups attached to an aromatic ring is 1. The largest absolute Gasteiger partial charge is 0.489 e. The summed E-state index contributed by atoms with van der Waals surface area (Å²) in [7, 11) is 0. The number of halogens is 1. The Balaban J connectivity index is 2.03. The van der Waals surface area contributed by atoms with Gasteiger partial charge in [-0.3, -0.25) is 0 Å². The number of rotatable bonds is 3. The van der Waals surface area contributed by atoms with E-state index in [1.54, 1.807) is 6.07 Å². The van der Waals surface area contributed by atoms with Crippen molar-refractivity contribution in [3.05, 3.63) is 59.1 Å². The minimum atomic E-state index is 0.490. The Morgan fingerprint density at radius 3 is 2.50 bits per heavy atom. The van der Waals surface area contributed by atoms with E-state index in [4.69, 9.17) is 22.1 Å². The summed E-state index contributed by atoms with van der Waals surface area (Å²) in [5.74, 6) is 0.843. The Morgan fingerprint density at radius 1 is 1.06 bits per heavy atom. The normalized spacial score (nSPS) is 10.1. The molecule has 0 atom stereocenters. The van der Waals surface area contributed by atoms with E-state index < -0.39 is 0 Å². The molecule has 0 aromatic heterocycles. The minimum absolute atomic E-state index is 0.490. The molecular formula is C13H12ClNO. The van der Waals surface area contributed by atoms with E-state index >= 15 is 0 Å². The molecule has 0 bridgehead atoms. The lowest BCUT2D eigenvalue weighted by Gasteiger charge is -2.07. The molecule has 82 valence electrons. The van der Waals surface area contributed by atoms with E-state index in [2.05, 4.69) is 0 Å². The summed E-state index contributed by atoms with van der Waals surface area (Å²) in [5, 5.41) is 0.564. The summed E-state index contributed by atoms with van der Waals surface area (Å²) in [6.07, 6.45) is 0. The highest BCUT2D eigenvalue weighted by atomic mass is 35.5. The van der Waals surface area contributed by atoms with Crippen molar-refractivity contribution in [2.75, 3.05) is 5.73 Å². The molecule has 0 fully saturated rings. The Labute approximate surface area is 99.6 Å². The lowest BCUT2D eigenvalue weighted by molar-refractivity contribution is 0.306. The van der Waals surface area contributed by atoms with Crippen molar-refractivity contribution in [2.24, 2.45) is 0 Å². The van der Waals surface area contributed by atoms with Gasteiger partial charge in [-0.1, -0.05) is 35.9 Å². The van der Waals surface area contributed by atoms with Gasteiger partial charge < -0.3 is 10.5 Å². The first-order valence-electron chi connectivity index (χ1n) is 4.97. The van der Waals surface area contributed by atoms with Gasteiger partial charge in [0.1, 0.15) is 12.4 Å². The maximum atomic E-state index is 5.92.